The van der Waals surface area contributed by atoms with E-state index in [1.54, 1.807) is 12.1 Å². The van der Waals surface area contributed by atoms with Crippen LogP contribution in [0.4, 0.5) is 0 Å². The molecule has 1 amide bonds. The van der Waals surface area contributed by atoms with Gasteiger partial charge in [-0.15, -0.1) is 0 Å². The zero-order valence-corrected chi connectivity index (χ0v) is 24.4. The number of halogens is 2. The van der Waals surface area contributed by atoms with E-state index in [9.17, 15) is 9.59 Å². The number of aromatic nitrogens is 1. The van der Waals surface area contributed by atoms with Crippen molar-refractivity contribution in [2.45, 2.75) is 31.2 Å². The lowest BCUT2D eigenvalue weighted by molar-refractivity contribution is -0.145. The molecule has 40 heavy (non-hydrogen) atoms. The third-order valence-corrected chi connectivity index (χ3v) is 8.81. The molecule has 10 heteroatoms. The molecule has 1 N–H and O–H groups in total. The molecule has 214 valence electrons. The third-order valence-electron chi connectivity index (χ3n) is 7.99. The molecule has 3 heterocycles. The average molecular weight is 589 g/mol. The van der Waals surface area contributed by atoms with Gasteiger partial charge in [-0.2, -0.15) is 0 Å². The number of carbonyl (C=O) groups is 2. The molecular weight excluding hydrogens is 553 g/mol. The summed E-state index contributed by atoms with van der Waals surface area (Å²) >= 11 is 12.6. The van der Waals surface area contributed by atoms with E-state index < -0.39 is 5.54 Å². The van der Waals surface area contributed by atoms with E-state index in [2.05, 4.69) is 10.2 Å². The Kier molecular flexibility index (Phi) is 9.02. The summed E-state index contributed by atoms with van der Waals surface area (Å²) in [7, 11) is 1.83. The number of fused-ring (bicyclic) bond motifs is 1. The molecule has 0 spiro atoms. The van der Waals surface area contributed by atoms with E-state index in [-0.39, 0.29) is 17.8 Å². The quantitative estimate of drug-likeness (QED) is 0.359. The number of hydrogen-bond donors (Lipinski definition) is 1. The second-order valence-electron chi connectivity index (χ2n) is 10.4. The molecule has 3 aromatic rings. The van der Waals surface area contributed by atoms with Gasteiger partial charge in [0.15, 0.2) is 0 Å². The van der Waals surface area contributed by atoms with Crippen molar-refractivity contribution in [3.05, 3.63) is 69.3 Å². The molecular formula is C30H35Cl2N3O5. The van der Waals surface area contributed by atoms with Crippen molar-refractivity contribution in [2.75, 3.05) is 52.7 Å². The van der Waals surface area contributed by atoms with Crippen LogP contribution in [0.1, 0.15) is 47.3 Å². The number of nitrogens with one attached hydrogen (secondary N) is 1. The van der Waals surface area contributed by atoms with Crippen LogP contribution < -0.4 is 5.32 Å². The summed E-state index contributed by atoms with van der Waals surface area (Å²) in [4.78, 5) is 28.8. The van der Waals surface area contributed by atoms with Crippen molar-refractivity contribution in [3.63, 3.8) is 0 Å². The summed E-state index contributed by atoms with van der Waals surface area (Å²) in [5.74, 6) is -0.810. The van der Waals surface area contributed by atoms with Gasteiger partial charge < -0.3 is 24.1 Å². The molecule has 2 aromatic carbocycles. The summed E-state index contributed by atoms with van der Waals surface area (Å²) in [5, 5.41) is 4.84. The molecule has 0 radical (unpaired) electrons. The number of aryl methyl sites for hydroxylation is 1. The lowest BCUT2D eigenvalue weighted by atomic mass is 9.86. The van der Waals surface area contributed by atoms with Gasteiger partial charge in [0.25, 0.3) is 5.91 Å². The second-order valence-corrected chi connectivity index (χ2v) is 11.2. The summed E-state index contributed by atoms with van der Waals surface area (Å²) in [6.07, 6.45) is 1.30. The van der Waals surface area contributed by atoms with E-state index in [0.717, 1.165) is 41.7 Å². The summed E-state index contributed by atoms with van der Waals surface area (Å²) in [6.45, 7) is 7.01. The molecule has 2 unspecified atom stereocenters. The van der Waals surface area contributed by atoms with Gasteiger partial charge in [-0.3, -0.25) is 14.5 Å². The zero-order chi connectivity index (χ0) is 28.3. The number of nitrogens with zero attached hydrogens (tertiary/aromatic N) is 2. The molecule has 2 aliphatic rings. The van der Waals surface area contributed by atoms with Crippen molar-refractivity contribution < 1.29 is 23.8 Å². The van der Waals surface area contributed by atoms with Crippen molar-refractivity contribution in [1.29, 1.82) is 0 Å². The van der Waals surface area contributed by atoms with Gasteiger partial charge in [-0.05, 0) is 49.2 Å². The van der Waals surface area contributed by atoms with Crippen LogP contribution in [0, 0.1) is 0 Å². The van der Waals surface area contributed by atoms with E-state index in [1.807, 2.05) is 48.9 Å². The SMILES string of the molecule is CCOC(=O)C(CCN1CCOCC1)c1ccc(C2(NC(=O)c3cc4c(Cl)c(Cl)ccc4n3C)CCOC2)cc1. The lowest BCUT2D eigenvalue weighted by Crippen LogP contribution is -2.47. The maximum absolute atomic E-state index is 13.6. The molecule has 8 nitrogen and oxygen atoms in total. The van der Waals surface area contributed by atoms with Crippen molar-refractivity contribution in [2.24, 2.45) is 7.05 Å². The molecule has 2 saturated heterocycles. The molecule has 2 aliphatic heterocycles. The van der Waals surface area contributed by atoms with Crippen LogP contribution >= 0.6 is 23.2 Å². The Morgan fingerprint density at radius 2 is 1.82 bits per heavy atom. The highest BCUT2D eigenvalue weighted by Crippen LogP contribution is 2.35. The van der Waals surface area contributed by atoms with E-state index >= 15 is 0 Å². The number of hydrogen-bond acceptors (Lipinski definition) is 6. The van der Waals surface area contributed by atoms with Crippen LogP contribution in [0.2, 0.25) is 10.0 Å². The number of morpholine rings is 1. The molecule has 2 fully saturated rings. The van der Waals surface area contributed by atoms with Gasteiger partial charge >= 0.3 is 5.97 Å². The third kappa shape index (κ3) is 5.87. The Morgan fingerprint density at radius 1 is 1.07 bits per heavy atom. The Morgan fingerprint density at radius 3 is 2.50 bits per heavy atom. The standard InChI is InChI=1S/C30H35Cl2N3O5/c1-3-40-29(37)22(10-12-35-13-16-38-17-14-35)20-4-6-21(7-5-20)30(11-15-39-19-30)33-28(36)26-18-23-25(34(26)2)9-8-24(31)27(23)32/h4-9,18,22H,3,10-17,19H2,1-2H3,(H,33,36). The highest BCUT2D eigenvalue weighted by atomic mass is 35.5. The van der Waals surface area contributed by atoms with Crippen LogP contribution in [0.25, 0.3) is 10.9 Å². The Bertz CT molecular complexity index is 1360. The minimum absolute atomic E-state index is 0.217. The Balaban J connectivity index is 1.37. The first-order valence-corrected chi connectivity index (χ1v) is 14.5. The van der Waals surface area contributed by atoms with Crippen molar-refractivity contribution in [3.8, 4) is 0 Å². The largest absolute Gasteiger partial charge is 0.466 e. The minimum Gasteiger partial charge on any atom is -0.466 e. The van der Waals surface area contributed by atoms with Crippen molar-refractivity contribution in [1.82, 2.24) is 14.8 Å². The predicted molar refractivity (Wildman–Crippen MR) is 155 cm³/mol. The highest BCUT2D eigenvalue weighted by molar-refractivity contribution is 6.45. The molecule has 1 aromatic heterocycles. The predicted octanol–water partition coefficient (Wildman–Crippen LogP) is 4.90. The Labute approximate surface area is 244 Å². The van der Waals surface area contributed by atoms with Gasteiger partial charge in [0, 0.05) is 44.1 Å². The average Bonchev–Trinajstić information content (AvgIpc) is 3.57. The summed E-state index contributed by atoms with van der Waals surface area (Å²) in [5.41, 5.74) is 2.44. The van der Waals surface area contributed by atoms with Crippen LogP contribution in [0.15, 0.2) is 42.5 Å². The number of benzene rings is 2. The second kappa shape index (κ2) is 12.5. The van der Waals surface area contributed by atoms with Gasteiger partial charge in [0.1, 0.15) is 5.69 Å². The zero-order valence-electron chi connectivity index (χ0n) is 22.9. The van der Waals surface area contributed by atoms with Gasteiger partial charge in [0.2, 0.25) is 0 Å². The topological polar surface area (TPSA) is 82.0 Å². The first-order chi connectivity index (χ1) is 19.3. The number of amides is 1. The van der Waals surface area contributed by atoms with Gasteiger partial charge in [0.05, 0.1) is 47.9 Å². The maximum atomic E-state index is 13.6. The van der Waals surface area contributed by atoms with Gasteiger partial charge in [-0.1, -0.05) is 47.5 Å². The number of carbonyl (C=O) groups excluding carboxylic acids is 2. The fourth-order valence-corrected chi connectivity index (χ4v) is 6.03. The smallest absolute Gasteiger partial charge is 0.313 e. The van der Waals surface area contributed by atoms with Crippen LogP contribution in [-0.2, 0) is 31.6 Å². The highest BCUT2D eigenvalue weighted by Gasteiger charge is 2.39. The van der Waals surface area contributed by atoms with Gasteiger partial charge in [-0.25, -0.2) is 0 Å². The van der Waals surface area contributed by atoms with E-state index in [4.69, 9.17) is 37.4 Å². The fourth-order valence-electron chi connectivity index (χ4n) is 5.65. The van der Waals surface area contributed by atoms with E-state index in [1.165, 1.54) is 0 Å². The summed E-state index contributed by atoms with van der Waals surface area (Å²) < 4.78 is 18.5. The monoisotopic (exact) mass is 587 g/mol. The molecule has 0 bridgehead atoms. The first kappa shape index (κ1) is 28.9. The van der Waals surface area contributed by atoms with Crippen molar-refractivity contribution >= 4 is 46.0 Å². The summed E-state index contributed by atoms with van der Waals surface area (Å²) in [6, 6.07) is 13.3. The number of rotatable bonds is 9. The van der Waals surface area contributed by atoms with Crippen LogP contribution in [-0.4, -0.2) is 74.0 Å². The molecule has 2 atom stereocenters. The Hall–Kier alpha value is -2.62. The van der Waals surface area contributed by atoms with Crippen LogP contribution in [0.5, 0.6) is 0 Å². The van der Waals surface area contributed by atoms with Crippen LogP contribution in [0.3, 0.4) is 0 Å². The molecule has 5 rings (SSSR count). The van der Waals surface area contributed by atoms with E-state index in [0.29, 0.717) is 61.6 Å². The number of esters is 1. The first-order valence-electron chi connectivity index (χ1n) is 13.7. The fraction of sp³-hybridized carbons (Fsp3) is 0.467. The molecule has 0 aliphatic carbocycles. The minimum atomic E-state index is -0.694. The molecule has 0 saturated carbocycles. The number of ether oxygens (including phenoxy) is 3. The lowest BCUT2D eigenvalue weighted by Gasteiger charge is -2.30. The maximum Gasteiger partial charge on any atom is 0.313 e. The normalized spacial score (nSPS) is 20.5.